The van der Waals surface area contributed by atoms with Crippen molar-refractivity contribution in [1.82, 2.24) is 15.5 Å². The molecule has 0 bridgehead atoms. The Morgan fingerprint density at radius 2 is 2.04 bits per heavy atom. The van der Waals surface area contributed by atoms with Crippen molar-refractivity contribution in [3.05, 3.63) is 29.8 Å². The van der Waals surface area contributed by atoms with E-state index in [0.29, 0.717) is 13.1 Å². The Balaban J connectivity index is 1.42. The highest BCUT2D eigenvalue weighted by Gasteiger charge is 2.33. The lowest BCUT2D eigenvalue weighted by Gasteiger charge is -2.38. The van der Waals surface area contributed by atoms with Crippen LogP contribution in [0.3, 0.4) is 0 Å². The summed E-state index contributed by atoms with van der Waals surface area (Å²) in [6.45, 7) is 11.4. The van der Waals surface area contributed by atoms with Crippen LogP contribution in [-0.2, 0) is 16.0 Å². The maximum atomic E-state index is 12.4. The molecule has 6 heteroatoms. The molecule has 2 heterocycles. The van der Waals surface area contributed by atoms with E-state index in [1.54, 1.807) is 0 Å². The first kappa shape index (κ1) is 20.6. The molecule has 1 aromatic carbocycles. The minimum Gasteiger partial charge on any atom is -0.371 e. The molecule has 28 heavy (non-hydrogen) atoms. The lowest BCUT2D eigenvalue weighted by molar-refractivity contribution is -0.134. The molecular weight excluding hydrogens is 352 g/mol. The first-order valence-electron chi connectivity index (χ1n) is 10.4. The predicted octanol–water partition coefficient (Wildman–Crippen LogP) is 1.79. The van der Waals surface area contributed by atoms with Crippen LogP contribution in [0.15, 0.2) is 24.3 Å². The lowest BCUT2D eigenvalue weighted by atomic mass is 9.94. The zero-order chi connectivity index (χ0) is 20.1. The topological polar surface area (TPSA) is 64.7 Å². The largest absolute Gasteiger partial charge is 0.371 e. The van der Waals surface area contributed by atoms with Crippen molar-refractivity contribution in [2.24, 2.45) is 5.41 Å². The summed E-state index contributed by atoms with van der Waals surface area (Å²) in [6, 6.07) is 8.17. The maximum Gasteiger partial charge on any atom is 0.237 e. The summed E-state index contributed by atoms with van der Waals surface area (Å²) in [4.78, 5) is 29.3. The number of nitrogens with zero attached hydrogens (tertiary/aromatic N) is 2. The van der Waals surface area contributed by atoms with Crippen molar-refractivity contribution >= 4 is 17.5 Å². The average Bonchev–Trinajstić information content (AvgIpc) is 3.04. The normalized spacial score (nSPS) is 20.0. The fraction of sp³-hybridized carbons (Fsp3) is 0.636. The van der Waals surface area contributed by atoms with Gasteiger partial charge in [0.15, 0.2) is 0 Å². The highest BCUT2D eigenvalue weighted by atomic mass is 16.2. The number of amides is 2. The van der Waals surface area contributed by atoms with E-state index < -0.39 is 0 Å². The third-order valence-electron chi connectivity index (χ3n) is 5.41. The Kier molecular flexibility index (Phi) is 6.60. The van der Waals surface area contributed by atoms with E-state index in [9.17, 15) is 9.59 Å². The number of piperazine rings is 1. The molecule has 2 aliphatic rings. The highest BCUT2D eigenvalue weighted by molar-refractivity contribution is 5.88. The van der Waals surface area contributed by atoms with Crippen molar-refractivity contribution < 1.29 is 9.59 Å². The highest BCUT2D eigenvalue weighted by Crippen LogP contribution is 2.27. The molecule has 0 saturated carbocycles. The number of carbonyl (C=O) groups is 2. The monoisotopic (exact) mass is 386 g/mol. The number of anilines is 1. The fourth-order valence-electron chi connectivity index (χ4n) is 4.17. The minimum atomic E-state index is -0.363. The van der Waals surface area contributed by atoms with E-state index >= 15 is 0 Å². The van der Waals surface area contributed by atoms with Gasteiger partial charge < -0.3 is 15.5 Å². The molecule has 2 aliphatic heterocycles. The number of para-hydroxylation sites is 1. The Bertz CT molecular complexity index is 698. The molecule has 1 aromatic rings. The van der Waals surface area contributed by atoms with E-state index in [4.69, 9.17) is 0 Å². The summed E-state index contributed by atoms with van der Waals surface area (Å²) in [5.41, 5.74) is 2.83. The van der Waals surface area contributed by atoms with Crippen LogP contribution in [0.5, 0.6) is 0 Å². The quantitative estimate of drug-likeness (QED) is 0.702. The van der Waals surface area contributed by atoms with E-state index in [-0.39, 0.29) is 29.7 Å². The standard InChI is InChI=1S/C22H34N4O2/c1-22(2,3)16-26-14-11-24-21(28)19(26)15-20(27)23-10-6-12-25-13-9-17-7-4-5-8-18(17)25/h4-5,7-8,19H,6,9-16H2,1-3H3,(H,23,27)(H,24,28). The van der Waals surface area contributed by atoms with Crippen LogP contribution in [0.25, 0.3) is 0 Å². The summed E-state index contributed by atoms with van der Waals surface area (Å²) in [7, 11) is 0. The second-order valence-electron chi connectivity index (χ2n) is 9.11. The van der Waals surface area contributed by atoms with E-state index in [2.05, 4.69) is 65.5 Å². The van der Waals surface area contributed by atoms with Gasteiger partial charge >= 0.3 is 0 Å². The van der Waals surface area contributed by atoms with E-state index in [0.717, 1.165) is 39.0 Å². The van der Waals surface area contributed by atoms with Crippen molar-refractivity contribution in [2.45, 2.75) is 46.1 Å². The molecule has 1 unspecified atom stereocenters. The zero-order valence-corrected chi connectivity index (χ0v) is 17.5. The van der Waals surface area contributed by atoms with Crippen LogP contribution in [0.4, 0.5) is 5.69 Å². The number of hydrogen-bond acceptors (Lipinski definition) is 4. The van der Waals surface area contributed by atoms with Crippen molar-refractivity contribution in [2.75, 3.05) is 44.2 Å². The zero-order valence-electron chi connectivity index (χ0n) is 17.5. The second-order valence-corrected chi connectivity index (χ2v) is 9.11. The third kappa shape index (κ3) is 5.47. The van der Waals surface area contributed by atoms with Gasteiger partial charge in [-0.2, -0.15) is 0 Å². The Labute approximate surface area is 168 Å². The van der Waals surface area contributed by atoms with E-state index in [1.165, 1.54) is 11.3 Å². The molecule has 0 aromatic heterocycles. The summed E-state index contributed by atoms with van der Waals surface area (Å²) in [5.74, 6) is -0.0675. The molecule has 2 N–H and O–H groups in total. The molecule has 0 aliphatic carbocycles. The summed E-state index contributed by atoms with van der Waals surface area (Å²) in [6.07, 6.45) is 2.24. The van der Waals surface area contributed by atoms with Gasteiger partial charge in [-0.05, 0) is 29.9 Å². The van der Waals surface area contributed by atoms with Gasteiger partial charge in [0.2, 0.25) is 11.8 Å². The number of nitrogens with one attached hydrogen (secondary N) is 2. The van der Waals surface area contributed by atoms with Crippen molar-refractivity contribution in [3.8, 4) is 0 Å². The molecule has 0 radical (unpaired) electrons. The molecule has 0 spiro atoms. The third-order valence-corrected chi connectivity index (χ3v) is 5.41. The van der Waals surface area contributed by atoms with Crippen LogP contribution in [-0.4, -0.2) is 62.0 Å². The van der Waals surface area contributed by atoms with Gasteiger partial charge in [0.05, 0.1) is 12.5 Å². The molecule has 3 rings (SSSR count). The molecular formula is C22H34N4O2. The molecule has 1 fully saturated rings. The number of benzene rings is 1. The van der Waals surface area contributed by atoms with Crippen LogP contribution < -0.4 is 15.5 Å². The summed E-state index contributed by atoms with van der Waals surface area (Å²) in [5, 5.41) is 5.91. The Hall–Kier alpha value is -2.08. The van der Waals surface area contributed by atoms with Gasteiger partial charge in [0.1, 0.15) is 0 Å². The van der Waals surface area contributed by atoms with Crippen molar-refractivity contribution in [1.29, 1.82) is 0 Å². The number of carbonyl (C=O) groups excluding carboxylic acids is 2. The second kappa shape index (κ2) is 8.95. The SMILES string of the molecule is CC(C)(C)CN1CCNC(=O)C1CC(=O)NCCCN1CCc2ccccc21. The predicted molar refractivity (Wildman–Crippen MR) is 112 cm³/mol. The fourth-order valence-corrected chi connectivity index (χ4v) is 4.17. The van der Waals surface area contributed by atoms with Crippen LogP contribution in [0, 0.1) is 5.41 Å². The number of rotatable bonds is 7. The van der Waals surface area contributed by atoms with Gasteiger partial charge in [-0.25, -0.2) is 0 Å². The number of hydrogen-bond donors (Lipinski definition) is 2. The first-order valence-corrected chi connectivity index (χ1v) is 10.4. The van der Waals surface area contributed by atoms with Gasteiger partial charge in [-0.15, -0.1) is 0 Å². The average molecular weight is 387 g/mol. The van der Waals surface area contributed by atoms with Gasteiger partial charge in [0.25, 0.3) is 0 Å². The Morgan fingerprint density at radius 3 is 2.82 bits per heavy atom. The van der Waals surface area contributed by atoms with Gasteiger partial charge in [0, 0.05) is 45.0 Å². The summed E-state index contributed by atoms with van der Waals surface area (Å²) < 4.78 is 0. The molecule has 1 atom stereocenters. The Morgan fingerprint density at radius 1 is 1.25 bits per heavy atom. The van der Waals surface area contributed by atoms with Crippen LogP contribution in [0.1, 0.15) is 39.2 Å². The van der Waals surface area contributed by atoms with E-state index in [1.807, 2.05) is 0 Å². The maximum absolute atomic E-state index is 12.4. The van der Waals surface area contributed by atoms with Crippen molar-refractivity contribution in [3.63, 3.8) is 0 Å². The summed E-state index contributed by atoms with van der Waals surface area (Å²) >= 11 is 0. The minimum absolute atomic E-state index is 0.0284. The smallest absolute Gasteiger partial charge is 0.237 e. The molecule has 154 valence electrons. The van der Waals surface area contributed by atoms with Crippen LogP contribution in [0.2, 0.25) is 0 Å². The van der Waals surface area contributed by atoms with Gasteiger partial charge in [-0.3, -0.25) is 14.5 Å². The molecule has 2 amide bonds. The number of fused-ring (bicyclic) bond motifs is 1. The molecule has 1 saturated heterocycles. The lowest BCUT2D eigenvalue weighted by Crippen LogP contribution is -2.58. The van der Waals surface area contributed by atoms with Gasteiger partial charge in [-0.1, -0.05) is 39.0 Å². The molecule has 6 nitrogen and oxygen atoms in total. The first-order chi connectivity index (χ1) is 13.3. The van der Waals surface area contributed by atoms with Crippen LogP contribution >= 0.6 is 0 Å².